The fourth-order valence-corrected chi connectivity index (χ4v) is 1.29. The monoisotopic (exact) mass is 109 g/mol. The van der Waals surface area contributed by atoms with E-state index in [1.165, 1.54) is 19.4 Å². The zero-order chi connectivity index (χ0) is 5.56. The minimum absolute atomic E-state index is 0.988. The van der Waals surface area contributed by atoms with Gasteiger partial charge >= 0.3 is 0 Å². The number of nitrogens with one attached hydrogen (secondary N) is 1. The summed E-state index contributed by atoms with van der Waals surface area (Å²) in [5.41, 5.74) is 3.56. The summed E-state index contributed by atoms with van der Waals surface area (Å²) in [5.74, 6) is 0.988. The van der Waals surface area contributed by atoms with Crippen molar-refractivity contribution in [3.63, 3.8) is 0 Å². The van der Waals surface area contributed by atoms with Crippen molar-refractivity contribution in [2.75, 3.05) is 13.6 Å². The predicted molar refractivity (Wildman–Crippen MR) is 33.7 cm³/mol. The maximum absolute atomic E-state index is 3.15. The van der Waals surface area contributed by atoms with Crippen LogP contribution in [0.15, 0.2) is 11.1 Å². The summed E-state index contributed by atoms with van der Waals surface area (Å²) in [4.78, 5) is 0. The van der Waals surface area contributed by atoms with Gasteiger partial charge in [-0.25, -0.2) is 0 Å². The fraction of sp³-hybridized carbons (Fsp3) is 0.714. The molecule has 0 radical (unpaired) electrons. The molecular weight excluding hydrogens is 98.1 g/mol. The molecule has 8 heavy (non-hydrogen) atoms. The topological polar surface area (TPSA) is 12.0 Å². The quantitative estimate of drug-likeness (QED) is 0.531. The van der Waals surface area contributed by atoms with Crippen molar-refractivity contribution >= 4 is 0 Å². The third-order valence-corrected chi connectivity index (χ3v) is 2.11. The molecule has 0 heterocycles. The lowest BCUT2D eigenvalue weighted by Gasteiger charge is -2.03. The molecule has 0 aromatic heterocycles. The predicted octanol–water partition coefficient (Wildman–Crippen LogP) is 0.926. The summed E-state index contributed by atoms with van der Waals surface area (Å²) in [6.07, 6.45) is 2.76. The minimum atomic E-state index is 0.988. The highest BCUT2D eigenvalue weighted by Crippen LogP contribution is 2.61. The zero-order valence-electron chi connectivity index (χ0n) is 5.20. The molecule has 0 atom stereocenters. The van der Waals surface area contributed by atoms with Crippen LogP contribution in [0.1, 0.15) is 12.8 Å². The molecule has 0 saturated heterocycles. The molecule has 0 saturated carbocycles. The summed E-state index contributed by atoms with van der Waals surface area (Å²) >= 11 is 0. The molecule has 2 rings (SSSR count). The van der Waals surface area contributed by atoms with Crippen LogP contribution in [0.4, 0.5) is 0 Å². The first-order chi connectivity index (χ1) is 3.93. The lowest BCUT2D eigenvalue weighted by atomic mass is 10.1. The fourth-order valence-electron chi connectivity index (χ4n) is 1.29. The third kappa shape index (κ3) is 0.511. The number of rotatable bonds is 3. The van der Waals surface area contributed by atoms with E-state index in [1.807, 2.05) is 7.05 Å². The van der Waals surface area contributed by atoms with E-state index in [2.05, 4.69) is 5.32 Å². The van der Waals surface area contributed by atoms with E-state index in [1.54, 1.807) is 11.1 Å². The highest BCUT2D eigenvalue weighted by atomic mass is 14.8. The van der Waals surface area contributed by atoms with E-state index in [0.29, 0.717) is 0 Å². The summed E-state index contributed by atoms with van der Waals surface area (Å²) in [6.45, 7) is 1.19. The van der Waals surface area contributed by atoms with Crippen molar-refractivity contribution in [2.45, 2.75) is 12.8 Å². The second kappa shape index (κ2) is 1.35. The van der Waals surface area contributed by atoms with Crippen LogP contribution >= 0.6 is 0 Å². The Kier molecular flexibility index (Phi) is 0.770. The normalized spacial score (nSPS) is 23.6. The average Bonchev–Trinajstić information content (AvgIpc) is 2.50. The van der Waals surface area contributed by atoms with Crippen LogP contribution < -0.4 is 5.32 Å². The summed E-state index contributed by atoms with van der Waals surface area (Å²) in [7, 11) is 2.02. The summed E-state index contributed by atoms with van der Waals surface area (Å²) < 4.78 is 0. The summed E-state index contributed by atoms with van der Waals surface area (Å²) in [5, 5.41) is 3.15. The highest BCUT2D eigenvalue weighted by molar-refractivity contribution is 5.59. The Bertz CT molecular complexity index is 134. The number of hydrogen-bond donors (Lipinski definition) is 1. The molecule has 1 nitrogen and oxygen atoms in total. The number of hydrogen-bond acceptors (Lipinski definition) is 1. The molecular formula is C7H11N. The van der Waals surface area contributed by atoms with Crippen LogP contribution in [0.2, 0.25) is 0 Å². The van der Waals surface area contributed by atoms with Gasteiger partial charge in [-0.1, -0.05) is 11.1 Å². The SMILES string of the molecule is CNCCC1C2=C1C2. The van der Waals surface area contributed by atoms with Gasteiger partial charge in [0.15, 0.2) is 0 Å². The third-order valence-electron chi connectivity index (χ3n) is 2.11. The molecule has 0 spiro atoms. The molecule has 0 aromatic rings. The van der Waals surface area contributed by atoms with Gasteiger partial charge < -0.3 is 5.32 Å². The molecule has 2 aliphatic rings. The maximum atomic E-state index is 3.15. The Morgan fingerprint density at radius 1 is 1.62 bits per heavy atom. The van der Waals surface area contributed by atoms with Crippen LogP contribution in [-0.2, 0) is 0 Å². The van der Waals surface area contributed by atoms with Gasteiger partial charge in [0, 0.05) is 5.92 Å². The standard InChI is InChI=1S/C7H11N/c1-8-3-2-5-6-4-7(5)6/h5,8H,2-4H2,1H3. The second-order valence-electron chi connectivity index (χ2n) is 2.67. The first-order valence-electron chi connectivity index (χ1n) is 3.30. The average molecular weight is 109 g/mol. The van der Waals surface area contributed by atoms with Crippen LogP contribution in [0.5, 0.6) is 0 Å². The Morgan fingerprint density at radius 3 is 2.75 bits per heavy atom. The molecule has 0 unspecified atom stereocenters. The van der Waals surface area contributed by atoms with Gasteiger partial charge in [0.25, 0.3) is 0 Å². The first kappa shape index (κ1) is 4.57. The molecule has 0 aromatic carbocycles. The van der Waals surface area contributed by atoms with Crippen molar-refractivity contribution in [3.8, 4) is 0 Å². The Hall–Kier alpha value is -0.300. The van der Waals surface area contributed by atoms with Gasteiger partial charge in [0.05, 0.1) is 0 Å². The maximum Gasteiger partial charge on any atom is 0.00314 e. The van der Waals surface area contributed by atoms with Gasteiger partial charge in [-0.2, -0.15) is 0 Å². The molecule has 0 fully saturated rings. The van der Waals surface area contributed by atoms with Crippen LogP contribution in [0.3, 0.4) is 0 Å². The molecule has 2 aliphatic carbocycles. The lowest BCUT2D eigenvalue weighted by Crippen LogP contribution is -2.10. The van der Waals surface area contributed by atoms with Crippen molar-refractivity contribution in [1.82, 2.24) is 5.32 Å². The van der Waals surface area contributed by atoms with Gasteiger partial charge in [-0.15, -0.1) is 0 Å². The highest BCUT2D eigenvalue weighted by Gasteiger charge is 2.47. The van der Waals surface area contributed by atoms with Crippen molar-refractivity contribution in [3.05, 3.63) is 11.1 Å². The first-order valence-corrected chi connectivity index (χ1v) is 3.30. The van der Waals surface area contributed by atoms with Crippen molar-refractivity contribution in [2.24, 2.45) is 5.92 Å². The summed E-state index contributed by atoms with van der Waals surface area (Å²) in [6, 6.07) is 0. The van der Waals surface area contributed by atoms with Crippen LogP contribution in [0.25, 0.3) is 0 Å². The van der Waals surface area contributed by atoms with E-state index in [-0.39, 0.29) is 0 Å². The number of allylic oxidation sites excluding steroid dienone is 2. The molecule has 1 heteroatoms. The van der Waals surface area contributed by atoms with Crippen molar-refractivity contribution < 1.29 is 0 Å². The van der Waals surface area contributed by atoms with Gasteiger partial charge in [-0.3, -0.25) is 0 Å². The molecule has 0 aliphatic heterocycles. The molecule has 0 amide bonds. The van der Waals surface area contributed by atoms with Gasteiger partial charge in [0.1, 0.15) is 0 Å². The zero-order valence-corrected chi connectivity index (χ0v) is 5.20. The van der Waals surface area contributed by atoms with E-state index in [0.717, 1.165) is 5.92 Å². The van der Waals surface area contributed by atoms with Gasteiger partial charge in [-0.05, 0) is 26.4 Å². The van der Waals surface area contributed by atoms with E-state index < -0.39 is 0 Å². The van der Waals surface area contributed by atoms with E-state index in [4.69, 9.17) is 0 Å². The van der Waals surface area contributed by atoms with Gasteiger partial charge in [0.2, 0.25) is 0 Å². The van der Waals surface area contributed by atoms with Crippen molar-refractivity contribution in [1.29, 1.82) is 0 Å². The van der Waals surface area contributed by atoms with Crippen LogP contribution in [0, 0.1) is 5.92 Å². The Labute approximate surface area is 49.8 Å². The smallest absolute Gasteiger partial charge is 0.00314 e. The van der Waals surface area contributed by atoms with Crippen LogP contribution in [-0.4, -0.2) is 13.6 Å². The Balaban J connectivity index is 1.61. The lowest BCUT2D eigenvalue weighted by molar-refractivity contribution is 0.642. The molecule has 1 N–H and O–H groups in total. The minimum Gasteiger partial charge on any atom is -0.320 e. The molecule has 44 valence electrons. The second-order valence-corrected chi connectivity index (χ2v) is 2.67. The van der Waals surface area contributed by atoms with E-state index in [9.17, 15) is 0 Å². The van der Waals surface area contributed by atoms with E-state index >= 15 is 0 Å². The Morgan fingerprint density at radius 2 is 2.38 bits per heavy atom. The molecule has 0 bridgehead atoms. The largest absolute Gasteiger partial charge is 0.320 e.